The van der Waals surface area contributed by atoms with Crippen LogP contribution in [0, 0.1) is 5.82 Å². The third-order valence-electron chi connectivity index (χ3n) is 3.10. The smallest absolute Gasteiger partial charge is 0.255 e. The maximum atomic E-state index is 13.3. The summed E-state index contributed by atoms with van der Waals surface area (Å²) in [4.78, 5) is 13.5. The summed E-state index contributed by atoms with van der Waals surface area (Å²) in [7, 11) is -4.08. The minimum absolute atomic E-state index is 0.220. The molecule has 2 N–H and O–H groups in total. The molecule has 0 spiro atoms. The second kappa shape index (κ2) is 5.34. The lowest BCUT2D eigenvalue weighted by molar-refractivity contribution is 0.0761. The fourth-order valence-corrected chi connectivity index (χ4v) is 2.88. The molecular weight excluding hydrogens is 283 g/mol. The highest BCUT2D eigenvalue weighted by molar-refractivity contribution is 7.89. The van der Waals surface area contributed by atoms with Gasteiger partial charge in [-0.15, -0.1) is 0 Å². The topological polar surface area (TPSA) is 80.5 Å². The van der Waals surface area contributed by atoms with Crippen LogP contribution in [0.4, 0.5) is 4.39 Å². The van der Waals surface area contributed by atoms with Gasteiger partial charge < -0.3 is 4.90 Å². The van der Waals surface area contributed by atoms with Crippen molar-refractivity contribution in [2.45, 2.75) is 18.2 Å². The molecule has 0 fully saturated rings. The first-order valence-corrected chi connectivity index (χ1v) is 7.61. The van der Waals surface area contributed by atoms with Gasteiger partial charge in [0.05, 0.1) is 10.5 Å². The average molecular weight is 298 g/mol. The number of nitrogens with two attached hydrogens (primary N) is 1. The Morgan fingerprint density at radius 1 is 1.40 bits per heavy atom. The molecule has 1 aromatic carbocycles. The third-order valence-corrected chi connectivity index (χ3v) is 4.07. The minimum atomic E-state index is -4.08. The normalized spacial score (nSPS) is 15.9. The van der Waals surface area contributed by atoms with Crippen molar-refractivity contribution in [2.24, 2.45) is 5.14 Å². The maximum absolute atomic E-state index is 13.3. The van der Waals surface area contributed by atoms with Crippen LogP contribution in [0.5, 0.6) is 0 Å². The van der Waals surface area contributed by atoms with Crippen LogP contribution >= 0.6 is 0 Å². The van der Waals surface area contributed by atoms with Crippen molar-refractivity contribution in [1.29, 1.82) is 0 Å². The fourth-order valence-electron chi connectivity index (χ4n) is 2.17. The van der Waals surface area contributed by atoms with Crippen LogP contribution in [-0.2, 0) is 10.0 Å². The molecule has 0 atom stereocenters. The van der Waals surface area contributed by atoms with Crippen LogP contribution < -0.4 is 5.14 Å². The Kier molecular flexibility index (Phi) is 3.92. The Bertz CT molecular complexity index is 683. The molecule has 0 aliphatic carbocycles. The Morgan fingerprint density at radius 2 is 2.10 bits per heavy atom. The number of halogens is 1. The van der Waals surface area contributed by atoms with Gasteiger partial charge in [0.1, 0.15) is 5.82 Å². The van der Waals surface area contributed by atoms with Gasteiger partial charge in [0.2, 0.25) is 10.0 Å². The summed E-state index contributed by atoms with van der Waals surface area (Å²) in [5.74, 6) is -1.20. The van der Waals surface area contributed by atoms with Gasteiger partial charge >= 0.3 is 0 Å². The largest absolute Gasteiger partial charge is 0.334 e. The SMILES string of the molecule is CC1=CCCN(C(=O)c2cc(F)ccc2S(N)(=O)=O)C1. The van der Waals surface area contributed by atoms with Gasteiger partial charge in [-0.2, -0.15) is 0 Å². The van der Waals surface area contributed by atoms with Gasteiger partial charge in [0, 0.05) is 13.1 Å². The Hall–Kier alpha value is -1.73. The molecule has 20 heavy (non-hydrogen) atoms. The molecule has 1 heterocycles. The number of sulfonamides is 1. The van der Waals surface area contributed by atoms with Crippen molar-refractivity contribution < 1.29 is 17.6 Å². The first-order valence-electron chi connectivity index (χ1n) is 6.06. The summed E-state index contributed by atoms with van der Waals surface area (Å²) in [6.45, 7) is 2.75. The van der Waals surface area contributed by atoms with Crippen molar-refractivity contribution in [3.63, 3.8) is 0 Å². The number of rotatable bonds is 2. The van der Waals surface area contributed by atoms with E-state index in [-0.39, 0.29) is 10.5 Å². The highest BCUT2D eigenvalue weighted by Gasteiger charge is 2.25. The fraction of sp³-hybridized carbons (Fsp3) is 0.308. The number of hydrogen-bond donors (Lipinski definition) is 1. The van der Waals surface area contributed by atoms with Gasteiger partial charge in [0.25, 0.3) is 5.91 Å². The van der Waals surface area contributed by atoms with Crippen LogP contribution in [0.1, 0.15) is 23.7 Å². The zero-order valence-corrected chi connectivity index (χ0v) is 11.8. The zero-order valence-electron chi connectivity index (χ0n) is 11.0. The summed E-state index contributed by atoms with van der Waals surface area (Å²) >= 11 is 0. The number of carbonyl (C=O) groups excluding carboxylic acids is 1. The number of carbonyl (C=O) groups is 1. The molecule has 1 aliphatic rings. The molecule has 0 radical (unpaired) electrons. The van der Waals surface area contributed by atoms with E-state index in [1.165, 1.54) is 4.90 Å². The lowest BCUT2D eigenvalue weighted by Crippen LogP contribution is -2.36. The zero-order chi connectivity index (χ0) is 14.9. The maximum Gasteiger partial charge on any atom is 0.255 e. The van der Waals surface area contributed by atoms with E-state index >= 15 is 0 Å². The molecule has 7 heteroatoms. The first-order chi connectivity index (χ1) is 9.29. The molecule has 108 valence electrons. The van der Waals surface area contributed by atoms with Crippen LogP contribution in [-0.4, -0.2) is 32.3 Å². The van der Waals surface area contributed by atoms with Gasteiger partial charge in [0.15, 0.2) is 0 Å². The van der Waals surface area contributed by atoms with E-state index in [1.54, 1.807) is 0 Å². The average Bonchev–Trinajstić information content (AvgIpc) is 2.36. The van der Waals surface area contributed by atoms with Gasteiger partial charge in [-0.05, 0) is 31.5 Å². The quantitative estimate of drug-likeness (QED) is 0.835. The molecule has 5 nitrogen and oxygen atoms in total. The highest BCUT2D eigenvalue weighted by atomic mass is 32.2. The third kappa shape index (κ3) is 3.05. The molecule has 1 amide bonds. The molecule has 0 saturated carbocycles. The predicted octanol–water partition coefficient (Wildman–Crippen LogP) is 1.27. The molecule has 1 aliphatic heterocycles. The van der Waals surface area contributed by atoms with E-state index < -0.39 is 21.7 Å². The predicted molar refractivity (Wildman–Crippen MR) is 72.1 cm³/mol. The Labute approximate surface area is 116 Å². The molecule has 0 saturated heterocycles. The summed E-state index contributed by atoms with van der Waals surface area (Å²) in [6, 6.07) is 2.90. The number of benzene rings is 1. The van der Waals surface area contributed by atoms with E-state index in [9.17, 15) is 17.6 Å². The monoisotopic (exact) mass is 298 g/mol. The van der Waals surface area contributed by atoms with E-state index in [0.717, 1.165) is 23.8 Å². The van der Waals surface area contributed by atoms with Gasteiger partial charge in [-0.25, -0.2) is 17.9 Å². The van der Waals surface area contributed by atoms with Crippen LogP contribution in [0.25, 0.3) is 0 Å². The van der Waals surface area contributed by atoms with Crippen molar-refractivity contribution >= 4 is 15.9 Å². The lowest BCUT2D eigenvalue weighted by Gasteiger charge is -2.26. The first kappa shape index (κ1) is 14.7. The molecule has 0 bridgehead atoms. The summed E-state index contributed by atoms with van der Waals surface area (Å²) < 4.78 is 36.3. The van der Waals surface area contributed by atoms with Crippen molar-refractivity contribution in [3.8, 4) is 0 Å². The summed E-state index contributed by atoms with van der Waals surface area (Å²) in [6.07, 6.45) is 2.70. The Morgan fingerprint density at radius 3 is 2.70 bits per heavy atom. The van der Waals surface area contributed by atoms with E-state index in [4.69, 9.17) is 5.14 Å². The second-order valence-electron chi connectivity index (χ2n) is 4.75. The second-order valence-corrected chi connectivity index (χ2v) is 6.28. The van der Waals surface area contributed by atoms with E-state index in [2.05, 4.69) is 0 Å². The number of amides is 1. The van der Waals surface area contributed by atoms with Gasteiger partial charge in [-0.1, -0.05) is 11.6 Å². The number of hydrogen-bond acceptors (Lipinski definition) is 3. The highest BCUT2D eigenvalue weighted by Crippen LogP contribution is 2.20. The molecule has 0 unspecified atom stereocenters. The molecule has 2 rings (SSSR count). The van der Waals surface area contributed by atoms with E-state index in [1.807, 2.05) is 13.0 Å². The lowest BCUT2D eigenvalue weighted by atomic mass is 10.1. The van der Waals surface area contributed by atoms with Crippen LogP contribution in [0.15, 0.2) is 34.7 Å². The van der Waals surface area contributed by atoms with Crippen LogP contribution in [0.3, 0.4) is 0 Å². The van der Waals surface area contributed by atoms with Crippen LogP contribution in [0.2, 0.25) is 0 Å². The minimum Gasteiger partial charge on any atom is -0.334 e. The summed E-state index contributed by atoms with van der Waals surface area (Å²) in [5, 5.41) is 5.07. The van der Waals surface area contributed by atoms with Crippen molar-refractivity contribution in [1.82, 2.24) is 4.90 Å². The van der Waals surface area contributed by atoms with Crippen molar-refractivity contribution in [2.75, 3.05) is 13.1 Å². The number of nitrogens with zero attached hydrogens (tertiary/aromatic N) is 1. The van der Waals surface area contributed by atoms with E-state index in [0.29, 0.717) is 19.5 Å². The van der Waals surface area contributed by atoms with Gasteiger partial charge in [-0.3, -0.25) is 4.79 Å². The standard InChI is InChI=1S/C13H15FN2O3S/c1-9-3-2-6-16(8-9)13(17)11-7-10(14)4-5-12(11)20(15,18)19/h3-5,7H,2,6,8H2,1H3,(H2,15,18,19). The summed E-state index contributed by atoms with van der Waals surface area (Å²) in [5.41, 5.74) is 0.792. The molecular formula is C13H15FN2O3S. The van der Waals surface area contributed by atoms with Crippen molar-refractivity contribution in [3.05, 3.63) is 41.2 Å². The molecule has 0 aromatic heterocycles. The number of primary sulfonamides is 1. The molecule has 1 aromatic rings. The Balaban J connectivity index is 2.44.